The summed E-state index contributed by atoms with van der Waals surface area (Å²) in [6.07, 6.45) is 8.03. The minimum atomic E-state index is -0.193. The van der Waals surface area contributed by atoms with Crippen LogP contribution in [-0.4, -0.2) is 26.7 Å². The Morgan fingerprint density at radius 1 is 0.875 bits per heavy atom. The summed E-state index contributed by atoms with van der Waals surface area (Å²) in [6, 6.07) is 25.8. The molecule has 1 aliphatic rings. The van der Waals surface area contributed by atoms with E-state index in [1.54, 1.807) is 12.3 Å². The molecular weight excluding hydrogens is 498 g/mol. The van der Waals surface area contributed by atoms with Gasteiger partial charge >= 0.3 is 0 Å². The molecule has 2 heterocycles. The molecule has 200 valence electrons. The monoisotopic (exact) mass is 529 g/mol. The molecule has 0 aliphatic heterocycles. The maximum atomic E-state index is 13.2. The number of pyridine rings is 1. The van der Waals surface area contributed by atoms with E-state index in [0.717, 1.165) is 46.0 Å². The lowest BCUT2D eigenvalue weighted by Crippen LogP contribution is -2.32. The molecule has 1 saturated carbocycles. The molecule has 1 fully saturated rings. The summed E-state index contributed by atoms with van der Waals surface area (Å²) in [5.41, 5.74) is 5.26. The fourth-order valence-electron chi connectivity index (χ4n) is 5.36. The van der Waals surface area contributed by atoms with Gasteiger partial charge in [0.15, 0.2) is 0 Å². The van der Waals surface area contributed by atoms with Gasteiger partial charge in [0.25, 0.3) is 11.5 Å². The first-order chi connectivity index (χ1) is 19.6. The minimum Gasteiger partial charge on any atom is -0.349 e. The van der Waals surface area contributed by atoms with Gasteiger partial charge in [0, 0.05) is 40.7 Å². The number of benzene rings is 3. The second-order valence-corrected chi connectivity index (χ2v) is 10.2. The number of anilines is 2. The van der Waals surface area contributed by atoms with Gasteiger partial charge in [-0.15, -0.1) is 0 Å². The van der Waals surface area contributed by atoms with Gasteiger partial charge in [-0.25, -0.2) is 4.68 Å². The third-order valence-electron chi connectivity index (χ3n) is 7.54. The van der Waals surface area contributed by atoms with Gasteiger partial charge in [-0.3, -0.25) is 14.6 Å². The Morgan fingerprint density at radius 3 is 2.45 bits per heavy atom. The van der Waals surface area contributed by atoms with E-state index in [2.05, 4.69) is 26.8 Å². The number of aromatic nitrogens is 3. The van der Waals surface area contributed by atoms with E-state index in [9.17, 15) is 9.59 Å². The average molecular weight is 530 g/mol. The number of carbonyl (C=O) groups is 1. The van der Waals surface area contributed by atoms with Crippen molar-refractivity contribution in [1.82, 2.24) is 20.1 Å². The zero-order valence-corrected chi connectivity index (χ0v) is 22.4. The lowest BCUT2D eigenvalue weighted by Gasteiger charge is -2.13. The van der Waals surface area contributed by atoms with Crippen LogP contribution in [0.4, 0.5) is 11.4 Å². The molecule has 1 aliphatic carbocycles. The maximum absolute atomic E-state index is 13.2. The predicted molar refractivity (Wildman–Crippen MR) is 160 cm³/mol. The molecule has 0 bridgehead atoms. The van der Waals surface area contributed by atoms with Crippen molar-refractivity contribution in [3.63, 3.8) is 0 Å². The van der Waals surface area contributed by atoms with Crippen molar-refractivity contribution in [2.24, 2.45) is 0 Å². The zero-order chi connectivity index (χ0) is 27.5. The van der Waals surface area contributed by atoms with Gasteiger partial charge in [-0.05, 0) is 55.2 Å². The van der Waals surface area contributed by atoms with Crippen LogP contribution < -0.4 is 16.2 Å². The number of nitrogens with one attached hydrogen (secondary N) is 2. The highest BCUT2D eigenvalue weighted by molar-refractivity contribution is 5.95. The van der Waals surface area contributed by atoms with Crippen LogP contribution in [0.2, 0.25) is 0 Å². The van der Waals surface area contributed by atoms with Crippen LogP contribution in [-0.2, 0) is 6.54 Å². The molecule has 0 atom stereocenters. The third-order valence-corrected chi connectivity index (χ3v) is 7.54. The summed E-state index contributed by atoms with van der Waals surface area (Å²) in [7, 11) is 0. The summed E-state index contributed by atoms with van der Waals surface area (Å²) < 4.78 is 1.47. The van der Waals surface area contributed by atoms with Crippen molar-refractivity contribution in [1.29, 1.82) is 0 Å². The van der Waals surface area contributed by atoms with Gasteiger partial charge in [0.1, 0.15) is 5.69 Å². The fraction of sp³-hybridized carbons (Fsp3) is 0.212. The standard InChI is InChI=1S/C33H31N5O2/c1-2-38-33(40)30(36-31-21-34-20-26-8-3-6-13-28(26)31)19-29(37-38)25-10-7-9-24(18-25)22-14-16-23(17-15-22)32(39)35-27-11-4-5-12-27/h3,6-10,13-21,27,36H,2,4-5,11-12H2,1H3,(H,35,39). The molecule has 7 heteroatoms. The normalized spacial score (nSPS) is 13.4. The molecule has 0 unspecified atom stereocenters. The van der Waals surface area contributed by atoms with E-state index in [1.807, 2.05) is 79.9 Å². The Hall–Kier alpha value is -4.78. The van der Waals surface area contributed by atoms with E-state index in [0.29, 0.717) is 29.5 Å². The Labute approximate surface area is 232 Å². The van der Waals surface area contributed by atoms with Gasteiger partial charge in [0.05, 0.1) is 17.6 Å². The second-order valence-electron chi connectivity index (χ2n) is 10.2. The van der Waals surface area contributed by atoms with Crippen LogP contribution in [0.25, 0.3) is 33.2 Å². The van der Waals surface area contributed by atoms with Crippen molar-refractivity contribution >= 4 is 28.1 Å². The number of rotatable bonds is 7. The summed E-state index contributed by atoms with van der Waals surface area (Å²) in [5.74, 6) is -0.0142. The van der Waals surface area contributed by atoms with E-state index in [4.69, 9.17) is 0 Å². The predicted octanol–water partition coefficient (Wildman–Crippen LogP) is 6.56. The van der Waals surface area contributed by atoms with Crippen molar-refractivity contribution in [3.8, 4) is 22.4 Å². The Morgan fingerprint density at radius 2 is 1.65 bits per heavy atom. The largest absolute Gasteiger partial charge is 0.349 e. The first-order valence-corrected chi connectivity index (χ1v) is 13.8. The van der Waals surface area contributed by atoms with Crippen molar-refractivity contribution in [2.45, 2.75) is 45.2 Å². The number of fused-ring (bicyclic) bond motifs is 1. The molecule has 0 spiro atoms. The number of amides is 1. The van der Waals surface area contributed by atoms with E-state index in [-0.39, 0.29) is 11.5 Å². The third kappa shape index (κ3) is 5.23. The fourth-order valence-corrected chi connectivity index (χ4v) is 5.36. The molecule has 0 radical (unpaired) electrons. The molecule has 6 rings (SSSR count). The highest BCUT2D eigenvalue weighted by Crippen LogP contribution is 2.29. The molecule has 2 N–H and O–H groups in total. The quantitative estimate of drug-likeness (QED) is 0.249. The van der Waals surface area contributed by atoms with Crippen LogP contribution in [0.15, 0.2) is 96.1 Å². The summed E-state index contributed by atoms with van der Waals surface area (Å²) >= 11 is 0. The maximum Gasteiger partial charge on any atom is 0.290 e. The van der Waals surface area contributed by atoms with E-state index in [1.165, 1.54) is 17.5 Å². The lowest BCUT2D eigenvalue weighted by molar-refractivity contribution is 0.0938. The van der Waals surface area contributed by atoms with Gasteiger partial charge in [0.2, 0.25) is 0 Å². The molecule has 1 amide bonds. The summed E-state index contributed by atoms with van der Waals surface area (Å²) in [5, 5.41) is 13.1. The highest BCUT2D eigenvalue weighted by Gasteiger charge is 2.18. The number of carbonyl (C=O) groups excluding carboxylic acids is 1. The molecule has 5 aromatic rings. The van der Waals surface area contributed by atoms with E-state index < -0.39 is 0 Å². The van der Waals surface area contributed by atoms with Crippen LogP contribution in [0.3, 0.4) is 0 Å². The van der Waals surface area contributed by atoms with Crippen LogP contribution in [0.1, 0.15) is 43.0 Å². The first-order valence-electron chi connectivity index (χ1n) is 13.8. The molecule has 40 heavy (non-hydrogen) atoms. The number of hydrogen-bond acceptors (Lipinski definition) is 5. The number of aryl methyl sites for hydroxylation is 1. The second kappa shape index (κ2) is 11.1. The van der Waals surface area contributed by atoms with E-state index >= 15 is 0 Å². The lowest BCUT2D eigenvalue weighted by atomic mass is 10.00. The minimum absolute atomic E-state index is 0.0142. The molecule has 0 saturated heterocycles. The average Bonchev–Trinajstić information content (AvgIpc) is 3.51. The van der Waals surface area contributed by atoms with Gasteiger partial charge in [-0.1, -0.05) is 67.4 Å². The van der Waals surface area contributed by atoms with Crippen molar-refractivity contribution < 1.29 is 4.79 Å². The summed E-state index contributed by atoms with van der Waals surface area (Å²) in [6.45, 7) is 2.35. The molecule has 3 aromatic carbocycles. The smallest absolute Gasteiger partial charge is 0.290 e. The Bertz CT molecular complexity index is 1730. The van der Waals surface area contributed by atoms with Gasteiger partial charge < -0.3 is 10.6 Å². The molecule has 7 nitrogen and oxygen atoms in total. The molecule has 2 aromatic heterocycles. The highest BCUT2D eigenvalue weighted by atomic mass is 16.1. The number of nitrogens with zero attached hydrogens (tertiary/aromatic N) is 3. The van der Waals surface area contributed by atoms with Crippen molar-refractivity contribution in [3.05, 3.63) is 107 Å². The van der Waals surface area contributed by atoms with Gasteiger partial charge in [-0.2, -0.15) is 5.10 Å². The number of hydrogen-bond donors (Lipinski definition) is 2. The van der Waals surface area contributed by atoms with Crippen LogP contribution in [0, 0.1) is 0 Å². The Balaban J connectivity index is 1.29. The SMILES string of the molecule is CCn1nc(-c2cccc(-c3ccc(C(=O)NC4CCCC4)cc3)c2)cc(Nc2cncc3ccccc23)c1=O. The van der Waals surface area contributed by atoms with Crippen LogP contribution >= 0.6 is 0 Å². The zero-order valence-electron chi connectivity index (χ0n) is 22.4. The molecular formula is C33H31N5O2. The van der Waals surface area contributed by atoms with Crippen molar-refractivity contribution in [2.75, 3.05) is 5.32 Å². The first kappa shape index (κ1) is 25.5. The summed E-state index contributed by atoms with van der Waals surface area (Å²) in [4.78, 5) is 30.2. The Kier molecular flexibility index (Phi) is 7.10. The topological polar surface area (TPSA) is 88.9 Å². The van der Waals surface area contributed by atoms with Crippen LogP contribution in [0.5, 0.6) is 0 Å².